The van der Waals surface area contributed by atoms with E-state index in [-0.39, 0.29) is 22.9 Å². The van der Waals surface area contributed by atoms with E-state index in [1.54, 1.807) is 47.6 Å². The minimum atomic E-state index is -1.64. The highest BCUT2D eigenvalue weighted by molar-refractivity contribution is 5.67. The molecule has 0 saturated heterocycles. The van der Waals surface area contributed by atoms with Crippen LogP contribution >= 0.6 is 0 Å². The zero-order chi connectivity index (χ0) is 23.8. The van der Waals surface area contributed by atoms with Crippen LogP contribution in [-0.4, -0.2) is 29.8 Å². The van der Waals surface area contributed by atoms with Crippen LogP contribution in [0.3, 0.4) is 0 Å². The molecule has 2 atom stereocenters. The van der Waals surface area contributed by atoms with Gasteiger partial charge >= 0.3 is 0 Å². The Labute approximate surface area is 192 Å². The Balaban J connectivity index is 1.65. The van der Waals surface area contributed by atoms with Crippen LogP contribution in [0.4, 0.5) is 14.5 Å². The summed E-state index contributed by atoms with van der Waals surface area (Å²) in [5.41, 5.74) is 7.76. The van der Waals surface area contributed by atoms with Crippen molar-refractivity contribution in [2.24, 2.45) is 5.73 Å². The fraction of sp³-hybridized carbons (Fsp3) is 0.0870. The first-order valence-corrected chi connectivity index (χ1v) is 10.1. The number of hydrogen-bond donors (Lipinski definition) is 2. The van der Waals surface area contributed by atoms with Gasteiger partial charge in [0.1, 0.15) is 12.4 Å². The smallest absolute Gasteiger partial charge is 0.184 e. The van der Waals surface area contributed by atoms with Gasteiger partial charge in [-0.2, -0.15) is 10.4 Å². The number of fused-ring (bicyclic) bond motifs is 1. The van der Waals surface area contributed by atoms with Gasteiger partial charge in [-0.25, -0.2) is 28.4 Å². The Morgan fingerprint density at radius 2 is 1.97 bits per heavy atom. The number of hydrogen-bond acceptors (Lipinski definition) is 8. The Morgan fingerprint density at radius 3 is 2.74 bits per heavy atom. The molecule has 2 aromatic heterocycles. The van der Waals surface area contributed by atoms with E-state index in [1.165, 1.54) is 23.1 Å². The van der Waals surface area contributed by atoms with E-state index in [0.29, 0.717) is 16.9 Å². The third-order valence-electron chi connectivity index (χ3n) is 5.34. The molecule has 1 aliphatic heterocycles. The van der Waals surface area contributed by atoms with Gasteiger partial charge in [0.25, 0.3) is 0 Å². The van der Waals surface area contributed by atoms with Crippen LogP contribution in [-0.2, 0) is 0 Å². The number of aromatic nitrogens is 5. The number of aliphatic hydroxyl groups is 1. The monoisotopic (exact) mass is 458 g/mol. The highest BCUT2D eigenvalue weighted by Crippen LogP contribution is 2.35. The Bertz CT molecular complexity index is 1450. The van der Waals surface area contributed by atoms with Gasteiger partial charge < -0.3 is 15.7 Å². The number of aliphatic hydroxyl groups excluding tert-OH is 1. The quantitative estimate of drug-likeness (QED) is 0.477. The van der Waals surface area contributed by atoms with Gasteiger partial charge in [0, 0.05) is 23.6 Å². The molecule has 168 valence electrons. The summed E-state index contributed by atoms with van der Waals surface area (Å²) in [6.45, 7) is 0. The number of benzene rings is 2. The standard InChI is InChI=1S/C23H16F2N8O/c24-16-6-2-5-15(19(16)25)20(34)21-30-22-17(27)11-32(14-4-1-3-13(9-14)10-26)23(33(22)31-21)18-7-8-28-12-29-18/h1-9,11-12,20,23,34H,27H2. The first-order valence-electron chi connectivity index (χ1n) is 10.1. The minimum absolute atomic E-state index is 0.164. The van der Waals surface area contributed by atoms with Gasteiger partial charge in [0.05, 0.1) is 23.0 Å². The van der Waals surface area contributed by atoms with E-state index >= 15 is 0 Å². The van der Waals surface area contributed by atoms with Gasteiger partial charge in [0.15, 0.2) is 29.4 Å². The highest BCUT2D eigenvalue weighted by Gasteiger charge is 2.34. The van der Waals surface area contributed by atoms with Crippen molar-refractivity contribution in [1.82, 2.24) is 24.7 Å². The Kier molecular flexibility index (Phi) is 5.19. The second kappa shape index (κ2) is 8.34. The topological polar surface area (TPSA) is 130 Å². The van der Waals surface area contributed by atoms with E-state index in [0.717, 1.165) is 6.07 Å². The first-order chi connectivity index (χ1) is 16.5. The second-order valence-electron chi connectivity index (χ2n) is 7.45. The molecule has 0 fully saturated rings. The molecule has 0 bridgehead atoms. The SMILES string of the molecule is N#Cc1cccc(N2C=C(N)c3nc(C(O)c4cccc(F)c4F)nn3C2c2ccncn2)c1. The molecule has 3 heterocycles. The van der Waals surface area contributed by atoms with Gasteiger partial charge in [-0.3, -0.25) is 0 Å². The maximum atomic E-state index is 14.3. The normalized spacial score (nSPS) is 15.9. The molecule has 2 aromatic carbocycles. The fourth-order valence-corrected chi connectivity index (χ4v) is 3.76. The van der Waals surface area contributed by atoms with Crippen molar-refractivity contribution >= 4 is 11.4 Å². The number of nitrogens with two attached hydrogens (primary N) is 1. The zero-order valence-electron chi connectivity index (χ0n) is 17.4. The van der Waals surface area contributed by atoms with Gasteiger partial charge in [0.2, 0.25) is 0 Å². The van der Waals surface area contributed by atoms with Crippen molar-refractivity contribution < 1.29 is 13.9 Å². The van der Waals surface area contributed by atoms with Crippen LogP contribution in [0.5, 0.6) is 0 Å². The van der Waals surface area contributed by atoms with E-state index in [9.17, 15) is 19.1 Å². The van der Waals surface area contributed by atoms with Crippen molar-refractivity contribution in [2.45, 2.75) is 12.3 Å². The lowest BCUT2D eigenvalue weighted by Crippen LogP contribution is -2.36. The van der Waals surface area contributed by atoms with E-state index in [2.05, 4.69) is 26.1 Å². The first kappa shape index (κ1) is 21.2. The predicted molar refractivity (Wildman–Crippen MR) is 116 cm³/mol. The molecule has 34 heavy (non-hydrogen) atoms. The summed E-state index contributed by atoms with van der Waals surface area (Å²) in [5, 5.41) is 24.5. The summed E-state index contributed by atoms with van der Waals surface area (Å²) < 4.78 is 29.5. The maximum absolute atomic E-state index is 14.3. The lowest BCUT2D eigenvalue weighted by atomic mass is 10.1. The summed E-state index contributed by atoms with van der Waals surface area (Å²) in [6.07, 6.45) is 2.19. The van der Waals surface area contributed by atoms with E-state index in [1.807, 2.05) is 0 Å². The molecule has 0 aliphatic carbocycles. The lowest BCUT2D eigenvalue weighted by molar-refractivity contribution is 0.202. The number of rotatable bonds is 4. The molecule has 0 spiro atoms. The van der Waals surface area contributed by atoms with Crippen LogP contribution in [0.1, 0.15) is 40.7 Å². The number of nitrogens with zero attached hydrogens (tertiary/aromatic N) is 7. The molecular weight excluding hydrogens is 442 g/mol. The fourth-order valence-electron chi connectivity index (χ4n) is 3.76. The zero-order valence-corrected chi connectivity index (χ0v) is 17.4. The molecule has 4 aromatic rings. The molecule has 0 radical (unpaired) electrons. The average Bonchev–Trinajstić information content (AvgIpc) is 3.32. The third kappa shape index (κ3) is 3.52. The minimum Gasteiger partial charge on any atom is -0.394 e. The maximum Gasteiger partial charge on any atom is 0.184 e. The van der Waals surface area contributed by atoms with Crippen LogP contribution in [0, 0.1) is 23.0 Å². The van der Waals surface area contributed by atoms with Crippen molar-refractivity contribution in [3.63, 3.8) is 0 Å². The number of anilines is 1. The van der Waals surface area contributed by atoms with Crippen LogP contribution in [0.15, 0.2) is 67.3 Å². The van der Waals surface area contributed by atoms with Crippen molar-refractivity contribution in [1.29, 1.82) is 5.26 Å². The Morgan fingerprint density at radius 1 is 1.15 bits per heavy atom. The molecule has 5 rings (SSSR count). The van der Waals surface area contributed by atoms with Gasteiger partial charge in [-0.05, 0) is 30.3 Å². The van der Waals surface area contributed by atoms with Crippen molar-refractivity contribution in [3.05, 3.63) is 107 Å². The molecule has 3 N–H and O–H groups in total. The predicted octanol–water partition coefficient (Wildman–Crippen LogP) is 2.62. The summed E-state index contributed by atoms with van der Waals surface area (Å²) in [4.78, 5) is 14.3. The van der Waals surface area contributed by atoms with Crippen LogP contribution < -0.4 is 10.6 Å². The molecule has 2 unspecified atom stereocenters. The van der Waals surface area contributed by atoms with Crippen molar-refractivity contribution in [3.8, 4) is 6.07 Å². The van der Waals surface area contributed by atoms with Gasteiger partial charge in [-0.15, -0.1) is 0 Å². The van der Waals surface area contributed by atoms with E-state index in [4.69, 9.17) is 5.73 Å². The second-order valence-corrected chi connectivity index (χ2v) is 7.45. The molecule has 0 amide bonds. The third-order valence-corrected chi connectivity index (χ3v) is 5.34. The molecular formula is C23H16F2N8O. The lowest BCUT2D eigenvalue weighted by Gasteiger charge is -2.34. The summed E-state index contributed by atoms with van der Waals surface area (Å²) >= 11 is 0. The van der Waals surface area contributed by atoms with Gasteiger partial charge in [-0.1, -0.05) is 18.2 Å². The van der Waals surface area contributed by atoms with Crippen LogP contribution in [0.2, 0.25) is 0 Å². The summed E-state index contributed by atoms with van der Waals surface area (Å²) in [5.74, 6) is -2.24. The summed E-state index contributed by atoms with van der Waals surface area (Å²) in [6, 6.07) is 14.1. The number of halogens is 2. The van der Waals surface area contributed by atoms with Crippen molar-refractivity contribution in [2.75, 3.05) is 4.90 Å². The molecule has 11 heteroatoms. The van der Waals surface area contributed by atoms with Crippen LogP contribution in [0.25, 0.3) is 5.70 Å². The number of nitriles is 1. The molecule has 1 aliphatic rings. The summed E-state index contributed by atoms with van der Waals surface area (Å²) in [7, 11) is 0. The molecule has 0 saturated carbocycles. The highest BCUT2D eigenvalue weighted by atomic mass is 19.2. The largest absolute Gasteiger partial charge is 0.394 e. The molecule has 9 nitrogen and oxygen atoms in total. The average molecular weight is 458 g/mol. The Hall–Kier alpha value is -4.69. The van der Waals surface area contributed by atoms with E-state index < -0.39 is 23.9 Å².